The molecule has 1 fully saturated rings. The number of aryl methyl sites for hydroxylation is 1. The molecular formula is C17H23NO4S. The minimum atomic E-state index is -0.177. The van der Waals surface area contributed by atoms with E-state index in [0.29, 0.717) is 26.1 Å². The lowest BCUT2D eigenvalue weighted by Gasteiger charge is -2.20. The molecule has 126 valence electrons. The maximum atomic E-state index is 11.7. The molecular weight excluding hydrogens is 314 g/mol. The van der Waals surface area contributed by atoms with Gasteiger partial charge in [-0.15, -0.1) is 11.8 Å². The third-order valence-electron chi connectivity index (χ3n) is 3.58. The Morgan fingerprint density at radius 2 is 1.96 bits per heavy atom. The van der Waals surface area contributed by atoms with Crippen molar-refractivity contribution in [2.75, 3.05) is 26.9 Å². The Balaban J connectivity index is 1.72. The van der Waals surface area contributed by atoms with Gasteiger partial charge in [0, 0.05) is 25.0 Å². The number of amides is 2. The number of carbonyl (C=O) groups is 2. The monoisotopic (exact) mass is 337 g/mol. The summed E-state index contributed by atoms with van der Waals surface area (Å²) in [7, 11) is 1.66. The van der Waals surface area contributed by atoms with Gasteiger partial charge in [0.25, 0.3) is 0 Å². The summed E-state index contributed by atoms with van der Waals surface area (Å²) in [6, 6.07) is 8.25. The summed E-state index contributed by atoms with van der Waals surface area (Å²) < 4.78 is 10.4. The van der Waals surface area contributed by atoms with E-state index in [-0.39, 0.29) is 17.1 Å². The number of piperidine rings is 1. The van der Waals surface area contributed by atoms with E-state index in [1.165, 1.54) is 17.3 Å². The van der Waals surface area contributed by atoms with Crippen LogP contribution in [0.2, 0.25) is 0 Å². The Hall–Kier alpha value is -1.37. The van der Waals surface area contributed by atoms with E-state index in [9.17, 15) is 9.59 Å². The summed E-state index contributed by atoms with van der Waals surface area (Å²) in [5.74, 6) is -0.349. The van der Waals surface area contributed by atoms with Crippen LogP contribution in [0.4, 0.5) is 0 Å². The minimum absolute atomic E-state index is 0.171. The molecule has 6 heteroatoms. The van der Waals surface area contributed by atoms with Gasteiger partial charge in [-0.05, 0) is 37.0 Å². The van der Waals surface area contributed by atoms with Crippen LogP contribution >= 0.6 is 11.8 Å². The quantitative estimate of drug-likeness (QED) is 0.553. The van der Waals surface area contributed by atoms with E-state index in [2.05, 4.69) is 17.4 Å². The minimum Gasteiger partial charge on any atom is -0.382 e. The van der Waals surface area contributed by atoms with E-state index in [0.717, 1.165) is 24.3 Å². The highest BCUT2D eigenvalue weighted by Gasteiger charge is 2.27. The van der Waals surface area contributed by atoms with E-state index >= 15 is 0 Å². The van der Waals surface area contributed by atoms with Gasteiger partial charge in [-0.1, -0.05) is 12.1 Å². The lowest BCUT2D eigenvalue weighted by Crippen LogP contribution is -2.42. The highest BCUT2D eigenvalue weighted by Crippen LogP contribution is 2.28. The third kappa shape index (κ3) is 6.33. The molecule has 2 rings (SSSR count). The van der Waals surface area contributed by atoms with Crippen molar-refractivity contribution >= 4 is 23.6 Å². The van der Waals surface area contributed by atoms with E-state index in [4.69, 9.17) is 9.47 Å². The van der Waals surface area contributed by atoms with E-state index in [1.54, 1.807) is 7.11 Å². The molecule has 1 aromatic rings. The number of benzene rings is 1. The summed E-state index contributed by atoms with van der Waals surface area (Å²) in [4.78, 5) is 23.9. The number of methoxy groups -OCH3 is 1. The number of thioether (sulfide) groups is 1. The zero-order valence-corrected chi connectivity index (χ0v) is 14.2. The molecule has 23 heavy (non-hydrogen) atoms. The number of hydrogen-bond donors (Lipinski definition) is 1. The van der Waals surface area contributed by atoms with Crippen LogP contribution in [0.5, 0.6) is 0 Å². The van der Waals surface area contributed by atoms with Gasteiger partial charge < -0.3 is 9.47 Å². The van der Waals surface area contributed by atoms with Crippen LogP contribution < -0.4 is 5.32 Å². The molecule has 0 aliphatic carbocycles. The molecule has 1 saturated heterocycles. The zero-order valence-electron chi connectivity index (χ0n) is 13.4. The Labute approximate surface area is 141 Å². The van der Waals surface area contributed by atoms with Crippen molar-refractivity contribution in [1.29, 1.82) is 0 Å². The normalized spacial score (nSPS) is 18.0. The van der Waals surface area contributed by atoms with Gasteiger partial charge in [-0.2, -0.15) is 0 Å². The first-order valence-corrected chi connectivity index (χ1v) is 8.73. The molecule has 1 aromatic carbocycles. The molecule has 5 nitrogen and oxygen atoms in total. The molecule has 0 aromatic heterocycles. The molecule has 1 aliphatic rings. The molecule has 1 N–H and O–H groups in total. The second-order valence-corrected chi connectivity index (χ2v) is 6.69. The average Bonchev–Trinajstić information content (AvgIpc) is 2.55. The predicted octanol–water partition coefficient (Wildman–Crippen LogP) is 2.18. The average molecular weight is 337 g/mol. The van der Waals surface area contributed by atoms with Crippen LogP contribution in [-0.2, 0) is 25.5 Å². The second-order valence-electron chi connectivity index (χ2n) is 5.41. The van der Waals surface area contributed by atoms with Crippen molar-refractivity contribution < 1.29 is 19.1 Å². The van der Waals surface area contributed by atoms with Crippen LogP contribution in [0.15, 0.2) is 29.2 Å². The fraction of sp³-hybridized carbons (Fsp3) is 0.529. The predicted molar refractivity (Wildman–Crippen MR) is 89.5 cm³/mol. The van der Waals surface area contributed by atoms with Gasteiger partial charge in [0.05, 0.1) is 18.5 Å². The Morgan fingerprint density at radius 1 is 1.17 bits per heavy atom. The number of ether oxygens (including phenoxy) is 2. The molecule has 0 bridgehead atoms. The van der Waals surface area contributed by atoms with E-state index in [1.807, 2.05) is 12.1 Å². The standard InChI is InChI=1S/C17H23NO4S/c1-21-11-12-22-10-2-3-13-4-6-14(7-5-13)23-15-8-9-16(19)18-17(15)20/h4-7,15H,2-3,8-12H2,1H3,(H,18,19,20). The van der Waals surface area contributed by atoms with Crippen molar-refractivity contribution in [2.45, 2.75) is 35.8 Å². The summed E-state index contributed by atoms with van der Waals surface area (Å²) >= 11 is 1.52. The lowest BCUT2D eigenvalue weighted by molar-refractivity contribution is -0.132. The maximum absolute atomic E-state index is 11.7. The molecule has 1 unspecified atom stereocenters. The maximum Gasteiger partial charge on any atom is 0.240 e. The summed E-state index contributed by atoms with van der Waals surface area (Å²) in [5, 5.41) is 2.21. The fourth-order valence-electron chi connectivity index (χ4n) is 2.31. The number of imide groups is 1. The fourth-order valence-corrected chi connectivity index (χ4v) is 3.33. The van der Waals surface area contributed by atoms with Gasteiger partial charge in [0.15, 0.2) is 0 Å². The number of carbonyl (C=O) groups excluding carboxylic acids is 2. The topological polar surface area (TPSA) is 64.6 Å². The van der Waals surface area contributed by atoms with Crippen LogP contribution in [-0.4, -0.2) is 44.0 Å². The summed E-state index contributed by atoms with van der Waals surface area (Å²) in [6.45, 7) is 2.00. The van der Waals surface area contributed by atoms with Gasteiger partial charge in [0.1, 0.15) is 0 Å². The molecule has 1 heterocycles. The van der Waals surface area contributed by atoms with Crippen molar-refractivity contribution in [3.05, 3.63) is 29.8 Å². The first kappa shape index (κ1) is 18.0. The lowest BCUT2D eigenvalue weighted by atomic mass is 10.1. The SMILES string of the molecule is COCCOCCCc1ccc(SC2CCC(=O)NC2=O)cc1. The van der Waals surface area contributed by atoms with Crippen molar-refractivity contribution in [1.82, 2.24) is 5.32 Å². The number of hydrogen-bond acceptors (Lipinski definition) is 5. The van der Waals surface area contributed by atoms with Gasteiger partial charge in [-0.25, -0.2) is 0 Å². The largest absolute Gasteiger partial charge is 0.382 e. The second kappa shape index (κ2) is 9.70. The third-order valence-corrected chi connectivity index (χ3v) is 4.85. The van der Waals surface area contributed by atoms with Crippen LogP contribution in [0.3, 0.4) is 0 Å². The van der Waals surface area contributed by atoms with Crippen LogP contribution in [0, 0.1) is 0 Å². The molecule has 2 amide bonds. The molecule has 1 atom stereocenters. The van der Waals surface area contributed by atoms with Gasteiger partial charge in [0.2, 0.25) is 11.8 Å². The Kier molecular flexibility index (Phi) is 7.58. The molecule has 0 saturated carbocycles. The van der Waals surface area contributed by atoms with Crippen molar-refractivity contribution in [3.63, 3.8) is 0 Å². The molecule has 0 radical (unpaired) electrons. The Bertz CT molecular complexity index is 518. The molecule has 0 spiro atoms. The molecule has 1 aliphatic heterocycles. The highest BCUT2D eigenvalue weighted by molar-refractivity contribution is 8.00. The summed E-state index contributed by atoms with van der Waals surface area (Å²) in [6.07, 6.45) is 2.97. The van der Waals surface area contributed by atoms with Crippen molar-refractivity contribution in [2.24, 2.45) is 0 Å². The smallest absolute Gasteiger partial charge is 0.240 e. The number of rotatable bonds is 9. The van der Waals surface area contributed by atoms with Crippen LogP contribution in [0.1, 0.15) is 24.8 Å². The van der Waals surface area contributed by atoms with Gasteiger partial charge >= 0.3 is 0 Å². The van der Waals surface area contributed by atoms with Gasteiger partial charge in [-0.3, -0.25) is 14.9 Å². The Morgan fingerprint density at radius 3 is 2.65 bits per heavy atom. The summed E-state index contributed by atoms with van der Waals surface area (Å²) in [5.41, 5.74) is 1.26. The first-order chi connectivity index (χ1) is 11.2. The first-order valence-electron chi connectivity index (χ1n) is 7.85. The van der Waals surface area contributed by atoms with E-state index < -0.39 is 0 Å². The van der Waals surface area contributed by atoms with Crippen molar-refractivity contribution in [3.8, 4) is 0 Å². The number of nitrogens with one attached hydrogen (secondary N) is 1. The zero-order chi connectivity index (χ0) is 16.5. The van der Waals surface area contributed by atoms with Crippen LogP contribution in [0.25, 0.3) is 0 Å². The highest BCUT2D eigenvalue weighted by atomic mass is 32.2.